The fourth-order valence-corrected chi connectivity index (χ4v) is 5.55. The lowest BCUT2D eigenvalue weighted by atomic mass is 9.99. The van der Waals surface area contributed by atoms with Gasteiger partial charge in [0.05, 0.1) is 11.8 Å². The van der Waals surface area contributed by atoms with Gasteiger partial charge in [0.15, 0.2) is 0 Å². The fraction of sp³-hybridized carbons (Fsp3) is 0.652. The molecule has 1 saturated carbocycles. The van der Waals surface area contributed by atoms with Gasteiger partial charge >= 0.3 is 0 Å². The van der Waals surface area contributed by atoms with Crippen LogP contribution in [0.15, 0.2) is 29.4 Å². The van der Waals surface area contributed by atoms with Crippen LogP contribution in [0.3, 0.4) is 0 Å². The van der Waals surface area contributed by atoms with E-state index in [9.17, 15) is 9.18 Å². The minimum atomic E-state index is -0.201. The van der Waals surface area contributed by atoms with E-state index in [-0.39, 0.29) is 17.8 Å². The number of hydrogen-bond acceptors (Lipinski definition) is 7. The van der Waals surface area contributed by atoms with Crippen LogP contribution in [0.2, 0.25) is 0 Å². The molecule has 2 N–H and O–H groups in total. The van der Waals surface area contributed by atoms with E-state index in [1.165, 1.54) is 36.7 Å². The van der Waals surface area contributed by atoms with E-state index >= 15 is 0 Å². The Labute approximate surface area is 199 Å². The number of carbonyl (C=O) groups excluding carboxylic acids is 1. The van der Waals surface area contributed by atoms with E-state index in [0.717, 1.165) is 62.2 Å². The number of nitrogens with zero attached hydrogens (tertiary/aromatic N) is 5. The van der Waals surface area contributed by atoms with Crippen molar-refractivity contribution in [3.8, 4) is 0 Å². The largest absolute Gasteiger partial charge is 0.345 e. The number of carbonyl (C=O) groups is 1. The molecule has 2 aliphatic rings. The van der Waals surface area contributed by atoms with Gasteiger partial charge < -0.3 is 4.90 Å². The Balaban J connectivity index is 1.09. The normalized spacial score (nSPS) is 21.0. The Kier molecular flexibility index (Phi) is 8.69. The highest BCUT2D eigenvalue weighted by atomic mass is 32.2. The van der Waals surface area contributed by atoms with Crippen molar-refractivity contribution >= 4 is 17.7 Å². The number of aromatic nitrogens is 4. The summed E-state index contributed by atoms with van der Waals surface area (Å²) in [5.74, 6) is 0.281. The monoisotopic (exact) mass is 475 g/mol. The first-order chi connectivity index (χ1) is 16.1. The van der Waals surface area contributed by atoms with E-state index in [4.69, 9.17) is 0 Å². The summed E-state index contributed by atoms with van der Waals surface area (Å²) in [5, 5.41) is 12.8. The third-order valence-corrected chi connectivity index (χ3v) is 7.60. The van der Waals surface area contributed by atoms with E-state index in [2.05, 4.69) is 26.4 Å². The van der Waals surface area contributed by atoms with Crippen molar-refractivity contribution in [2.75, 3.05) is 19.3 Å². The molecule has 0 bridgehead atoms. The first-order valence-electron chi connectivity index (χ1n) is 12.0. The summed E-state index contributed by atoms with van der Waals surface area (Å²) in [7, 11) is 1.87. The zero-order chi connectivity index (χ0) is 23.0. The topological polar surface area (TPSA) is 88.0 Å². The van der Waals surface area contributed by atoms with Crippen molar-refractivity contribution < 1.29 is 9.18 Å². The predicted molar refractivity (Wildman–Crippen MR) is 126 cm³/mol. The summed E-state index contributed by atoms with van der Waals surface area (Å²) in [5.41, 5.74) is 7.80. The van der Waals surface area contributed by atoms with Crippen molar-refractivity contribution in [3.05, 3.63) is 35.6 Å². The number of unbranched alkanes of at least 4 members (excludes halogenated alkanes) is 2. The van der Waals surface area contributed by atoms with Crippen molar-refractivity contribution in [1.29, 1.82) is 0 Å². The molecule has 0 spiro atoms. The molecule has 0 radical (unpaired) electrons. The highest BCUT2D eigenvalue weighted by Crippen LogP contribution is 2.31. The molecule has 1 aromatic heterocycles. The molecule has 180 valence electrons. The van der Waals surface area contributed by atoms with Gasteiger partial charge in [0.2, 0.25) is 11.1 Å². The molecular formula is C23H34FN7OS. The van der Waals surface area contributed by atoms with Crippen LogP contribution >= 0.6 is 11.8 Å². The molecule has 2 fully saturated rings. The van der Waals surface area contributed by atoms with Crippen LogP contribution in [-0.4, -0.2) is 56.4 Å². The lowest BCUT2D eigenvalue weighted by Gasteiger charge is -2.17. The number of benzene rings is 1. The number of tetrazole rings is 1. The van der Waals surface area contributed by atoms with Gasteiger partial charge in [0.25, 0.3) is 0 Å². The van der Waals surface area contributed by atoms with Crippen molar-refractivity contribution in [1.82, 2.24) is 36.0 Å². The Bertz CT molecular complexity index is 887. The Morgan fingerprint density at radius 2 is 1.97 bits per heavy atom. The Morgan fingerprint density at radius 3 is 2.76 bits per heavy atom. The maximum atomic E-state index is 13.1. The summed E-state index contributed by atoms with van der Waals surface area (Å²) in [6.45, 7) is 0.765. The van der Waals surface area contributed by atoms with Crippen LogP contribution < -0.4 is 10.9 Å². The summed E-state index contributed by atoms with van der Waals surface area (Å²) < 4.78 is 15.0. The van der Waals surface area contributed by atoms with Gasteiger partial charge in [-0.2, -0.15) is 0 Å². The van der Waals surface area contributed by atoms with Crippen LogP contribution in [0.5, 0.6) is 0 Å². The Hall–Kier alpha value is -2.04. The van der Waals surface area contributed by atoms with Gasteiger partial charge in [-0.3, -0.25) is 15.6 Å². The fourth-order valence-electron chi connectivity index (χ4n) is 4.66. The number of nitrogens with one attached hydrogen (secondary N) is 2. The predicted octanol–water partition coefficient (Wildman–Crippen LogP) is 3.65. The Morgan fingerprint density at radius 1 is 1.18 bits per heavy atom. The average molecular weight is 476 g/mol. The van der Waals surface area contributed by atoms with Gasteiger partial charge in [-0.1, -0.05) is 49.6 Å². The number of hydrazine groups is 1. The molecule has 10 heteroatoms. The molecule has 2 aromatic rings. The molecule has 1 saturated heterocycles. The number of thioether (sulfide) groups is 1. The summed E-state index contributed by atoms with van der Waals surface area (Å²) >= 11 is 1.44. The van der Waals surface area contributed by atoms with Crippen LogP contribution in [0, 0.1) is 5.82 Å². The van der Waals surface area contributed by atoms with Crippen molar-refractivity contribution in [2.24, 2.45) is 0 Å². The average Bonchev–Trinajstić information content (AvgIpc) is 3.59. The maximum absolute atomic E-state index is 13.1. The third kappa shape index (κ3) is 6.74. The van der Waals surface area contributed by atoms with Crippen LogP contribution in [0.4, 0.5) is 4.39 Å². The molecule has 1 aliphatic carbocycles. The van der Waals surface area contributed by atoms with Crippen molar-refractivity contribution in [2.45, 2.75) is 81.1 Å². The quantitative estimate of drug-likeness (QED) is 0.379. The highest BCUT2D eigenvalue weighted by molar-refractivity contribution is 7.99. The summed E-state index contributed by atoms with van der Waals surface area (Å²) in [6.07, 6.45) is 9.96. The van der Waals surface area contributed by atoms with Gasteiger partial charge in [-0.05, 0) is 60.2 Å². The highest BCUT2D eigenvalue weighted by Gasteiger charge is 2.25. The maximum Gasteiger partial charge on any atom is 0.232 e. The molecular weight excluding hydrogens is 441 g/mol. The molecule has 2 unspecified atom stereocenters. The second-order valence-corrected chi connectivity index (χ2v) is 10.1. The lowest BCUT2D eigenvalue weighted by Crippen LogP contribution is -2.31. The van der Waals surface area contributed by atoms with Gasteiger partial charge in [-0.15, -0.1) is 5.10 Å². The number of halogens is 1. The van der Waals surface area contributed by atoms with Gasteiger partial charge in [0, 0.05) is 25.7 Å². The number of rotatable bonds is 11. The van der Waals surface area contributed by atoms with Crippen LogP contribution in [-0.2, 0) is 4.79 Å². The van der Waals surface area contributed by atoms with E-state index < -0.39 is 0 Å². The first-order valence-corrected chi connectivity index (χ1v) is 13.0. The zero-order valence-corrected chi connectivity index (χ0v) is 20.1. The van der Waals surface area contributed by atoms with E-state index in [1.54, 1.807) is 0 Å². The van der Waals surface area contributed by atoms with E-state index in [1.807, 2.05) is 28.8 Å². The standard InChI is InChI=1S/C23H34FN7OS/c1-30(22(32)16-33-23-27-28-29-31(23)20-8-4-5-9-20)14-6-2-3-7-19-15-21(26-25-19)17-10-12-18(24)13-11-17/h10-13,19-21,25-26H,2-9,14-16H2,1H3. The molecule has 1 aliphatic heterocycles. The summed E-state index contributed by atoms with van der Waals surface area (Å²) in [4.78, 5) is 14.3. The zero-order valence-electron chi connectivity index (χ0n) is 19.3. The van der Waals surface area contributed by atoms with Gasteiger partial charge in [-0.25, -0.2) is 9.07 Å². The molecule has 4 rings (SSSR count). The van der Waals surface area contributed by atoms with Crippen LogP contribution in [0.1, 0.15) is 75.4 Å². The second kappa shape index (κ2) is 11.9. The molecule has 1 aromatic carbocycles. The molecule has 33 heavy (non-hydrogen) atoms. The second-order valence-electron chi connectivity index (χ2n) is 9.12. The molecule has 2 heterocycles. The van der Waals surface area contributed by atoms with Gasteiger partial charge in [0.1, 0.15) is 5.82 Å². The minimum absolute atomic E-state index is 0.116. The van der Waals surface area contributed by atoms with E-state index in [0.29, 0.717) is 17.8 Å². The SMILES string of the molecule is CN(CCCCCC1CC(c2ccc(F)cc2)NN1)C(=O)CSc1nnnn1C1CCCC1. The third-order valence-electron chi connectivity index (χ3n) is 6.68. The first kappa shape index (κ1) is 24.1. The minimum Gasteiger partial charge on any atom is -0.345 e. The number of amides is 1. The smallest absolute Gasteiger partial charge is 0.232 e. The van der Waals surface area contributed by atoms with Crippen molar-refractivity contribution in [3.63, 3.8) is 0 Å². The summed E-state index contributed by atoms with van der Waals surface area (Å²) in [6, 6.07) is 7.74. The number of hydrogen-bond donors (Lipinski definition) is 2. The molecule has 8 nitrogen and oxygen atoms in total. The molecule has 1 amide bonds. The molecule has 2 atom stereocenters. The lowest BCUT2D eigenvalue weighted by molar-refractivity contribution is -0.127. The van der Waals surface area contributed by atoms with Crippen LogP contribution in [0.25, 0.3) is 0 Å².